The van der Waals surface area contributed by atoms with Crippen LogP contribution in [0.5, 0.6) is 0 Å². The van der Waals surface area contributed by atoms with Crippen molar-refractivity contribution in [3.8, 4) is 0 Å². The first-order valence-electron chi connectivity index (χ1n) is 5.99. The van der Waals surface area contributed by atoms with Crippen molar-refractivity contribution in [1.82, 2.24) is 15.3 Å². The minimum atomic E-state index is -0.861. The number of hydrogen-bond acceptors (Lipinski definition) is 3. The van der Waals surface area contributed by atoms with Gasteiger partial charge in [-0.05, 0) is 24.1 Å². The number of nitrogens with one attached hydrogen (secondary N) is 2. The van der Waals surface area contributed by atoms with E-state index >= 15 is 0 Å². The smallest absolute Gasteiger partial charge is 0.303 e. The molecule has 19 heavy (non-hydrogen) atoms. The predicted octanol–water partition coefficient (Wildman–Crippen LogP) is 1.40. The van der Waals surface area contributed by atoms with E-state index in [-0.39, 0.29) is 18.2 Å². The van der Waals surface area contributed by atoms with Gasteiger partial charge in [-0.1, -0.05) is 6.92 Å². The van der Waals surface area contributed by atoms with E-state index in [1.807, 2.05) is 0 Å². The van der Waals surface area contributed by atoms with Crippen LogP contribution in [0.25, 0.3) is 11.0 Å². The van der Waals surface area contributed by atoms with E-state index in [4.69, 9.17) is 5.11 Å². The molecule has 1 aromatic carbocycles. The molecule has 0 fully saturated rings. The molecule has 2 rings (SSSR count). The zero-order chi connectivity index (χ0) is 13.8. The van der Waals surface area contributed by atoms with Gasteiger partial charge >= 0.3 is 5.97 Å². The number of imidazole rings is 1. The second-order valence-corrected chi connectivity index (χ2v) is 4.55. The Bertz CT molecular complexity index is 606. The topological polar surface area (TPSA) is 95.1 Å². The number of nitrogens with zero attached hydrogens (tertiary/aromatic N) is 1. The van der Waals surface area contributed by atoms with Crippen molar-refractivity contribution in [2.45, 2.75) is 13.3 Å². The van der Waals surface area contributed by atoms with Crippen LogP contribution in [0.1, 0.15) is 23.7 Å². The molecule has 0 aliphatic rings. The Morgan fingerprint density at radius 1 is 1.47 bits per heavy atom. The van der Waals surface area contributed by atoms with Crippen LogP contribution in [0, 0.1) is 5.92 Å². The maximum absolute atomic E-state index is 11.9. The molecule has 0 saturated heterocycles. The lowest BCUT2D eigenvalue weighted by Crippen LogP contribution is -2.29. The molecule has 1 unspecified atom stereocenters. The first-order chi connectivity index (χ1) is 9.06. The fourth-order valence-corrected chi connectivity index (χ4v) is 1.82. The molecule has 6 nitrogen and oxygen atoms in total. The third kappa shape index (κ3) is 3.31. The van der Waals surface area contributed by atoms with Gasteiger partial charge in [-0.3, -0.25) is 9.59 Å². The molecular formula is C13H15N3O3. The number of carbonyl (C=O) groups is 2. The fraction of sp³-hybridized carbons (Fsp3) is 0.308. The Morgan fingerprint density at radius 3 is 3.00 bits per heavy atom. The van der Waals surface area contributed by atoms with Crippen molar-refractivity contribution in [2.75, 3.05) is 6.54 Å². The molecular weight excluding hydrogens is 246 g/mol. The highest BCUT2D eigenvalue weighted by Gasteiger charge is 2.11. The molecule has 1 atom stereocenters. The number of fused-ring (bicyclic) bond motifs is 1. The quantitative estimate of drug-likeness (QED) is 0.758. The van der Waals surface area contributed by atoms with Crippen molar-refractivity contribution in [3.05, 3.63) is 30.1 Å². The SMILES string of the molecule is CC(CNC(=O)c1ccc2nc[nH]c2c1)CC(=O)O. The molecule has 2 aromatic rings. The Labute approximate surface area is 109 Å². The average molecular weight is 261 g/mol. The van der Waals surface area contributed by atoms with Gasteiger partial charge in [-0.2, -0.15) is 0 Å². The van der Waals surface area contributed by atoms with E-state index in [0.717, 1.165) is 11.0 Å². The number of carboxylic acids is 1. The van der Waals surface area contributed by atoms with E-state index < -0.39 is 5.97 Å². The minimum absolute atomic E-state index is 0.0415. The van der Waals surface area contributed by atoms with Crippen LogP contribution in [-0.2, 0) is 4.79 Å². The van der Waals surface area contributed by atoms with Crippen LogP contribution >= 0.6 is 0 Å². The predicted molar refractivity (Wildman–Crippen MR) is 69.8 cm³/mol. The van der Waals surface area contributed by atoms with Crippen LogP contribution in [0.3, 0.4) is 0 Å². The van der Waals surface area contributed by atoms with Crippen LogP contribution < -0.4 is 5.32 Å². The Balaban J connectivity index is 1.97. The molecule has 0 bridgehead atoms. The highest BCUT2D eigenvalue weighted by molar-refractivity contribution is 5.97. The highest BCUT2D eigenvalue weighted by atomic mass is 16.4. The van der Waals surface area contributed by atoms with E-state index in [0.29, 0.717) is 12.1 Å². The van der Waals surface area contributed by atoms with Crippen LogP contribution in [0.2, 0.25) is 0 Å². The van der Waals surface area contributed by atoms with Crippen molar-refractivity contribution in [3.63, 3.8) is 0 Å². The molecule has 0 radical (unpaired) electrons. The second kappa shape index (κ2) is 5.51. The summed E-state index contributed by atoms with van der Waals surface area (Å²) < 4.78 is 0. The lowest BCUT2D eigenvalue weighted by Gasteiger charge is -2.10. The van der Waals surface area contributed by atoms with Gasteiger partial charge in [0.2, 0.25) is 0 Å². The molecule has 0 saturated carbocycles. The fourth-order valence-electron chi connectivity index (χ4n) is 1.82. The van der Waals surface area contributed by atoms with Crippen LogP contribution in [0.15, 0.2) is 24.5 Å². The van der Waals surface area contributed by atoms with E-state index in [9.17, 15) is 9.59 Å². The summed E-state index contributed by atoms with van der Waals surface area (Å²) in [7, 11) is 0. The van der Waals surface area contributed by atoms with Gasteiger partial charge in [0.1, 0.15) is 0 Å². The van der Waals surface area contributed by atoms with Gasteiger partial charge in [0.05, 0.1) is 17.4 Å². The Kier molecular flexibility index (Phi) is 3.79. The monoisotopic (exact) mass is 261 g/mol. The second-order valence-electron chi connectivity index (χ2n) is 4.55. The summed E-state index contributed by atoms with van der Waals surface area (Å²) in [5, 5.41) is 11.4. The molecule has 1 amide bonds. The number of amides is 1. The molecule has 1 heterocycles. The summed E-state index contributed by atoms with van der Waals surface area (Å²) in [6.45, 7) is 2.12. The largest absolute Gasteiger partial charge is 0.481 e. The van der Waals surface area contributed by atoms with Gasteiger partial charge in [-0.25, -0.2) is 4.98 Å². The third-order valence-electron chi connectivity index (χ3n) is 2.82. The maximum atomic E-state index is 11.9. The summed E-state index contributed by atoms with van der Waals surface area (Å²) in [6.07, 6.45) is 1.61. The number of benzene rings is 1. The molecule has 0 spiro atoms. The number of rotatable bonds is 5. The van der Waals surface area contributed by atoms with Gasteiger partial charge < -0.3 is 15.4 Å². The van der Waals surface area contributed by atoms with Gasteiger partial charge in [0, 0.05) is 18.5 Å². The van der Waals surface area contributed by atoms with E-state index in [2.05, 4.69) is 15.3 Å². The van der Waals surface area contributed by atoms with Crippen molar-refractivity contribution in [1.29, 1.82) is 0 Å². The molecule has 0 aliphatic carbocycles. The van der Waals surface area contributed by atoms with E-state index in [1.165, 1.54) is 0 Å². The molecule has 0 aliphatic heterocycles. The van der Waals surface area contributed by atoms with Gasteiger partial charge in [0.25, 0.3) is 5.91 Å². The normalized spacial score (nSPS) is 12.3. The number of aromatic amines is 1. The molecule has 6 heteroatoms. The lowest BCUT2D eigenvalue weighted by atomic mass is 10.1. The maximum Gasteiger partial charge on any atom is 0.303 e. The summed E-state index contributed by atoms with van der Waals surface area (Å²) >= 11 is 0. The summed E-state index contributed by atoms with van der Waals surface area (Å²) in [6, 6.07) is 5.18. The van der Waals surface area contributed by atoms with Crippen molar-refractivity contribution < 1.29 is 14.7 Å². The summed E-state index contributed by atoms with van der Waals surface area (Å²) in [4.78, 5) is 29.4. The molecule has 3 N–H and O–H groups in total. The first kappa shape index (κ1) is 13.1. The average Bonchev–Trinajstić information content (AvgIpc) is 2.82. The zero-order valence-corrected chi connectivity index (χ0v) is 10.5. The summed E-state index contributed by atoms with van der Waals surface area (Å²) in [5.41, 5.74) is 2.13. The lowest BCUT2D eigenvalue weighted by molar-refractivity contribution is -0.137. The number of hydrogen-bond donors (Lipinski definition) is 3. The molecule has 100 valence electrons. The van der Waals surface area contributed by atoms with E-state index in [1.54, 1.807) is 31.5 Å². The van der Waals surface area contributed by atoms with Gasteiger partial charge in [0.15, 0.2) is 0 Å². The zero-order valence-electron chi connectivity index (χ0n) is 10.5. The highest BCUT2D eigenvalue weighted by Crippen LogP contribution is 2.11. The van der Waals surface area contributed by atoms with Crippen molar-refractivity contribution in [2.24, 2.45) is 5.92 Å². The van der Waals surface area contributed by atoms with Crippen molar-refractivity contribution >= 4 is 22.9 Å². The van der Waals surface area contributed by atoms with Crippen LogP contribution in [0.4, 0.5) is 0 Å². The number of H-pyrrole nitrogens is 1. The number of carboxylic acid groups (broad SMARTS) is 1. The molecule has 1 aromatic heterocycles. The van der Waals surface area contributed by atoms with Crippen LogP contribution in [-0.4, -0.2) is 33.5 Å². The standard InChI is InChI=1S/C13H15N3O3/c1-8(4-12(17)18)6-14-13(19)9-2-3-10-11(5-9)16-7-15-10/h2-3,5,7-8H,4,6H2,1H3,(H,14,19)(H,15,16)(H,17,18). The number of carbonyl (C=O) groups excluding carboxylic acids is 1. The Morgan fingerprint density at radius 2 is 2.26 bits per heavy atom. The summed E-state index contributed by atoms with van der Waals surface area (Å²) in [5.74, 6) is -1.17. The third-order valence-corrected chi connectivity index (χ3v) is 2.82. The number of aromatic nitrogens is 2. The number of aliphatic carboxylic acids is 1. The minimum Gasteiger partial charge on any atom is -0.481 e. The first-order valence-corrected chi connectivity index (χ1v) is 5.99. The Hall–Kier alpha value is -2.37. The van der Waals surface area contributed by atoms with Gasteiger partial charge in [-0.15, -0.1) is 0 Å².